The number of rotatable bonds is 5. The number of morpholine rings is 1. The van der Waals surface area contributed by atoms with Gasteiger partial charge in [0.2, 0.25) is 0 Å². The van der Waals surface area contributed by atoms with Gasteiger partial charge in [-0.2, -0.15) is 4.98 Å². The van der Waals surface area contributed by atoms with Crippen LogP contribution in [0.4, 0.5) is 16.1 Å². The molecule has 6 rings (SSSR count). The molecule has 0 amide bonds. The molecule has 0 bridgehead atoms. The average Bonchev–Trinajstić information content (AvgIpc) is 3.47. The van der Waals surface area contributed by atoms with Crippen molar-refractivity contribution in [2.24, 2.45) is 0 Å². The molecule has 6 heteroatoms. The van der Waals surface area contributed by atoms with Gasteiger partial charge in [-0.1, -0.05) is 30.3 Å². The molecule has 1 N–H and O–H groups in total. The van der Waals surface area contributed by atoms with Crippen molar-refractivity contribution in [3.05, 3.63) is 77.1 Å². The number of fused-ring (bicyclic) bond motifs is 2. The second-order valence-electron chi connectivity index (χ2n) is 8.83. The van der Waals surface area contributed by atoms with E-state index in [9.17, 15) is 4.39 Å². The summed E-state index contributed by atoms with van der Waals surface area (Å²) in [5, 5.41) is 3.30. The van der Waals surface area contributed by atoms with Crippen LogP contribution in [0.5, 0.6) is 0 Å². The number of aromatic nitrogens is 1. The Balaban J connectivity index is 1.27. The fourth-order valence-corrected chi connectivity index (χ4v) is 4.85. The van der Waals surface area contributed by atoms with Gasteiger partial charge in [0.25, 0.3) is 6.01 Å². The van der Waals surface area contributed by atoms with Crippen LogP contribution >= 0.6 is 0 Å². The molecule has 0 saturated carbocycles. The van der Waals surface area contributed by atoms with Gasteiger partial charge >= 0.3 is 0 Å². The van der Waals surface area contributed by atoms with Crippen molar-refractivity contribution in [3.8, 4) is 11.1 Å². The molecular weight excluding hydrogens is 417 g/mol. The van der Waals surface area contributed by atoms with Gasteiger partial charge in [0.1, 0.15) is 11.3 Å². The number of benzene rings is 3. The molecule has 0 unspecified atom stereocenters. The fourth-order valence-electron chi connectivity index (χ4n) is 4.85. The Labute approximate surface area is 192 Å². The molecule has 2 heterocycles. The molecule has 4 aromatic rings. The van der Waals surface area contributed by atoms with Crippen LogP contribution in [0, 0.1) is 5.82 Å². The van der Waals surface area contributed by atoms with Crippen LogP contribution in [-0.4, -0.2) is 36.2 Å². The lowest BCUT2D eigenvalue weighted by atomic mass is 10.0. The predicted octanol–water partition coefficient (Wildman–Crippen LogP) is 5.70. The van der Waals surface area contributed by atoms with Crippen LogP contribution in [0.1, 0.15) is 23.1 Å². The zero-order valence-electron chi connectivity index (χ0n) is 18.4. The molecule has 5 nitrogen and oxygen atoms in total. The summed E-state index contributed by atoms with van der Waals surface area (Å²) in [6.45, 7) is 3.66. The Morgan fingerprint density at radius 2 is 1.85 bits per heavy atom. The van der Waals surface area contributed by atoms with E-state index in [1.807, 2.05) is 30.3 Å². The van der Waals surface area contributed by atoms with Crippen LogP contribution in [0.3, 0.4) is 0 Å². The first-order valence-electron chi connectivity index (χ1n) is 11.6. The molecule has 3 aromatic carbocycles. The van der Waals surface area contributed by atoms with Crippen molar-refractivity contribution >= 4 is 22.8 Å². The number of anilines is 2. The molecule has 1 aliphatic heterocycles. The highest BCUT2D eigenvalue weighted by Crippen LogP contribution is 2.33. The summed E-state index contributed by atoms with van der Waals surface area (Å²) < 4.78 is 26.5. The van der Waals surface area contributed by atoms with E-state index >= 15 is 0 Å². The van der Waals surface area contributed by atoms with E-state index in [2.05, 4.69) is 33.4 Å². The molecule has 0 atom stereocenters. The van der Waals surface area contributed by atoms with Crippen molar-refractivity contribution in [1.29, 1.82) is 0 Å². The molecule has 0 spiro atoms. The molecule has 0 radical (unpaired) electrons. The zero-order chi connectivity index (χ0) is 22.2. The molecule has 2 aliphatic rings. The number of hydrogen-bond acceptors (Lipinski definition) is 5. The Morgan fingerprint density at radius 3 is 2.73 bits per heavy atom. The zero-order valence-corrected chi connectivity index (χ0v) is 18.4. The second-order valence-corrected chi connectivity index (χ2v) is 8.83. The Hall–Kier alpha value is -3.22. The van der Waals surface area contributed by atoms with Gasteiger partial charge in [0.15, 0.2) is 5.58 Å². The molecule has 168 valence electrons. The highest BCUT2D eigenvalue weighted by Gasteiger charge is 2.17. The van der Waals surface area contributed by atoms with E-state index < -0.39 is 0 Å². The lowest BCUT2D eigenvalue weighted by Gasteiger charge is -2.26. The number of hydrogen-bond donors (Lipinski definition) is 1. The first kappa shape index (κ1) is 20.4. The third-order valence-corrected chi connectivity index (χ3v) is 6.63. The normalized spacial score (nSPS) is 16.3. The van der Waals surface area contributed by atoms with Crippen molar-refractivity contribution in [1.82, 2.24) is 9.88 Å². The summed E-state index contributed by atoms with van der Waals surface area (Å²) in [7, 11) is 0. The summed E-state index contributed by atoms with van der Waals surface area (Å²) in [4.78, 5) is 6.83. The Morgan fingerprint density at radius 1 is 0.970 bits per heavy atom. The largest absolute Gasteiger partial charge is 0.423 e. The molecule has 1 saturated heterocycles. The van der Waals surface area contributed by atoms with Crippen LogP contribution in [-0.2, 0) is 24.1 Å². The average molecular weight is 444 g/mol. The van der Waals surface area contributed by atoms with Crippen molar-refractivity contribution in [2.75, 3.05) is 31.6 Å². The Kier molecular flexibility index (Phi) is 5.32. The first-order valence-corrected chi connectivity index (χ1v) is 11.6. The minimum absolute atomic E-state index is 0.202. The van der Waals surface area contributed by atoms with Gasteiger partial charge in [0, 0.05) is 36.4 Å². The lowest BCUT2D eigenvalue weighted by molar-refractivity contribution is 0.0337. The van der Waals surface area contributed by atoms with E-state index in [1.54, 1.807) is 6.07 Å². The van der Waals surface area contributed by atoms with Gasteiger partial charge in [0.05, 0.1) is 13.2 Å². The third-order valence-electron chi connectivity index (χ3n) is 6.63. The van der Waals surface area contributed by atoms with Crippen molar-refractivity contribution in [2.45, 2.75) is 25.8 Å². The predicted molar refractivity (Wildman–Crippen MR) is 127 cm³/mol. The van der Waals surface area contributed by atoms with E-state index in [1.165, 1.54) is 17.5 Å². The highest BCUT2D eigenvalue weighted by molar-refractivity contribution is 5.91. The van der Waals surface area contributed by atoms with Crippen LogP contribution in [0.2, 0.25) is 0 Å². The summed E-state index contributed by atoms with van der Waals surface area (Å²) in [5.74, 6) is -0.202. The second kappa shape index (κ2) is 8.61. The standard InChI is InChI=1S/C27H26FN3O2/c28-24-16-20(7-8-21(24)17-31-11-13-32-14-12-31)23-5-2-6-25-26(23)33-27(30-25)29-22-10-9-18-3-1-4-19(18)15-22/h2,5-10,15-16H,1,3-4,11-14,17H2,(H,29,30). The Bertz CT molecular complexity index is 1310. The van der Waals surface area contributed by atoms with Gasteiger partial charge < -0.3 is 14.5 Å². The maximum Gasteiger partial charge on any atom is 0.300 e. The van der Waals surface area contributed by atoms with Crippen LogP contribution in [0.25, 0.3) is 22.2 Å². The van der Waals surface area contributed by atoms with Gasteiger partial charge in [-0.05, 0) is 60.2 Å². The molecule has 33 heavy (non-hydrogen) atoms. The molecule has 1 fully saturated rings. The third kappa shape index (κ3) is 4.12. The SMILES string of the molecule is Fc1cc(-c2cccc3nc(Nc4ccc5c(c4)CCC5)oc23)ccc1CN1CCOCC1. The summed E-state index contributed by atoms with van der Waals surface area (Å²) in [5.41, 5.74) is 7.51. The topological polar surface area (TPSA) is 50.5 Å². The maximum atomic E-state index is 15.0. The molecule has 1 aliphatic carbocycles. The number of halogens is 1. The summed E-state index contributed by atoms with van der Waals surface area (Å²) in [6.07, 6.45) is 3.49. The number of nitrogens with one attached hydrogen (secondary N) is 1. The summed E-state index contributed by atoms with van der Waals surface area (Å²) in [6, 6.07) is 18.1. The van der Waals surface area contributed by atoms with E-state index in [0.29, 0.717) is 36.9 Å². The quantitative estimate of drug-likeness (QED) is 0.429. The van der Waals surface area contributed by atoms with Gasteiger partial charge in [-0.3, -0.25) is 4.90 Å². The number of aryl methyl sites for hydroxylation is 2. The van der Waals surface area contributed by atoms with Crippen LogP contribution < -0.4 is 5.32 Å². The number of oxazole rings is 1. The lowest BCUT2D eigenvalue weighted by Crippen LogP contribution is -2.35. The fraction of sp³-hybridized carbons (Fsp3) is 0.296. The van der Waals surface area contributed by atoms with Crippen molar-refractivity contribution < 1.29 is 13.5 Å². The van der Waals surface area contributed by atoms with E-state index in [0.717, 1.165) is 48.3 Å². The number of nitrogens with zero attached hydrogens (tertiary/aromatic N) is 2. The first-order chi connectivity index (χ1) is 16.2. The number of para-hydroxylation sites is 1. The van der Waals surface area contributed by atoms with E-state index in [-0.39, 0.29) is 5.82 Å². The molecule has 1 aromatic heterocycles. The van der Waals surface area contributed by atoms with Gasteiger partial charge in [-0.15, -0.1) is 0 Å². The minimum atomic E-state index is -0.202. The van der Waals surface area contributed by atoms with E-state index in [4.69, 9.17) is 9.15 Å². The van der Waals surface area contributed by atoms with Crippen molar-refractivity contribution in [3.63, 3.8) is 0 Å². The number of ether oxygens (including phenoxy) is 1. The van der Waals surface area contributed by atoms with Crippen LogP contribution in [0.15, 0.2) is 59.0 Å². The maximum absolute atomic E-state index is 15.0. The molecular formula is C27H26FN3O2. The van der Waals surface area contributed by atoms with Gasteiger partial charge in [-0.25, -0.2) is 4.39 Å². The minimum Gasteiger partial charge on any atom is -0.423 e. The monoisotopic (exact) mass is 443 g/mol. The smallest absolute Gasteiger partial charge is 0.300 e. The summed E-state index contributed by atoms with van der Waals surface area (Å²) >= 11 is 0. The highest BCUT2D eigenvalue weighted by atomic mass is 19.1.